The van der Waals surface area contributed by atoms with Crippen molar-refractivity contribution in [3.05, 3.63) is 51.7 Å². The lowest BCUT2D eigenvalue weighted by molar-refractivity contribution is 0.467. The number of pyridine rings is 1. The number of hydrogen-bond acceptors (Lipinski definition) is 3. The summed E-state index contributed by atoms with van der Waals surface area (Å²) in [6, 6.07) is 7.93. The highest BCUT2D eigenvalue weighted by Gasteiger charge is 2.07. The topological polar surface area (TPSA) is 34.1 Å². The van der Waals surface area contributed by atoms with Gasteiger partial charge >= 0.3 is 0 Å². The van der Waals surface area contributed by atoms with Crippen LogP contribution in [0, 0.1) is 0 Å². The van der Waals surface area contributed by atoms with Gasteiger partial charge in [0.2, 0.25) is 0 Å². The Morgan fingerprint density at radius 2 is 2.10 bits per heavy atom. The number of benzene rings is 1. The molecule has 0 aliphatic carbocycles. The number of ether oxygens (including phenoxy) is 1. The molecule has 2 rings (SSSR count). The maximum Gasteiger partial charge on any atom is 0.146 e. The maximum absolute atomic E-state index is 6.05. The van der Waals surface area contributed by atoms with Crippen LogP contribution in [0.25, 0.3) is 0 Å². The molecule has 0 spiro atoms. The van der Waals surface area contributed by atoms with Crippen molar-refractivity contribution in [2.75, 3.05) is 0 Å². The molecule has 1 N–H and O–H groups in total. The molecular formula is C15H16BrClN2O. The molecule has 0 saturated carbocycles. The van der Waals surface area contributed by atoms with E-state index in [2.05, 4.69) is 40.1 Å². The lowest BCUT2D eigenvalue weighted by atomic mass is 10.2. The first-order valence-corrected chi connectivity index (χ1v) is 7.52. The predicted molar refractivity (Wildman–Crippen MR) is 85.4 cm³/mol. The van der Waals surface area contributed by atoms with E-state index in [0.29, 0.717) is 16.8 Å². The summed E-state index contributed by atoms with van der Waals surface area (Å²) in [6.45, 7) is 4.94. The van der Waals surface area contributed by atoms with E-state index in [-0.39, 0.29) is 0 Å². The predicted octanol–water partition coefficient (Wildman–Crippen LogP) is 4.79. The number of nitrogens with zero attached hydrogens (tertiary/aromatic N) is 1. The fourth-order valence-corrected chi connectivity index (χ4v) is 2.16. The fraction of sp³-hybridized carbons (Fsp3) is 0.267. The lowest BCUT2D eigenvalue weighted by Crippen LogP contribution is -2.22. The van der Waals surface area contributed by atoms with Crippen molar-refractivity contribution in [1.29, 1.82) is 0 Å². The minimum absolute atomic E-state index is 0.408. The van der Waals surface area contributed by atoms with Crippen molar-refractivity contribution >= 4 is 27.5 Å². The number of hydrogen-bond donors (Lipinski definition) is 1. The Hall–Kier alpha value is -1.10. The average molecular weight is 356 g/mol. The van der Waals surface area contributed by atoms with Crippen LogP contribution in [-0.2, 0) is 6.54 Å². The normalized spacial score (nSPS) is 10.8. The molecule has 20 heavy (non-hydrogen) atoms. The maximum atomic E-state index is 6.05. The van der Waals surface area contributed by atoms with Crippen LogP contribution in [0.5, 0.6) is 11.5 Å². The summed E-state index contributed by atoms with van der Waals surface area (Å²) in [6.07, 6.45) is 3.39. The Morgan fingerprint density at radius 3 is 2.80 bits per heavy atom. The molecule has 1 aromatic carbocycles. The summed E-state index contributed by atoms with van der Waals surface area (Å²) >= 11 is 9.43. The standard InChI is InChI=1S/C15H16BrClN2O/c1-10(2)19-7-11-3-4-13(17)6-15(11)20-14-5-12(16)8-18-9-14/h3-6,8-10,19H,7H2,1-2H3. The Bertz CT molecular complexity index is 590. The highest BCUT2D eigenvalue weighted by Crippen LogP contribution is 2.29. The second-order valence-electron chi connectivity index (χ2n) is 4.73. The molecule has 106 valence electrons. The third-order valence-electron chi connectivity index (χ3n) is 2.64. The summed E-state index contributed by atoms with van der Waals surface area (Å²) < 4.78 is 6.76. The first-order chi connectivity index (χ1) is 9.54. The number of aromatic nitrogens is 1. The van der Waals surface area contributed by atoms with Crippen molar-refractivity contribution < 1.29 is 4.74 Å². The van der Waals surface area contributed by atoms with E-state index in [1.807, 2.05) is 24.3 Å². The quantitative estimate of drug-likeness (QED) is 0.837. The molecule has 0 aliphatic rings. The van der Waals surface area contributed by atoms with Crippen molar-refractivity contribution in [2.24, 2.45) is 0 Å². The van der Waals surface area contributed by atoms with Gasteiger partial charge in [0.25, 0.3) is 0 Å². The molecule has 0 bridgehead atoms. The van der Waals surface area contributed by atoms with Gasteiger partial charge in [0, 0.05) is 33.8 Å². The van der Waals surface area contributed by atoms with E-state index in [1.165, 1.54) is 0 Å². The minimum Gasteiger partial charge on any atom is -0.455 e. The van der Waals surface area contributed by atoms with Crippen LogP contribution in [0.3, 0.4) is 0 Å². The van der Waals surface area contributed by atoms with Crippen LogP contribution in [0.2, 0.25) is 5.02 Å². The lowest BCUT2D eigenvalue weighted by Gasteiger charge is -2.14. The van der Waals surface area contributed by atoms with Crippen LogP contribution < -0.4 is 10.1 Å². The average Bonchev–Trinajstić information content (AvgIpc) is 2.37. The van der Waals surface area contributed by atoms with Gasteiger partial charge in [0.1, 0.15) is 11.5 Å². The van der Waals surface area contributed by atoms with E-state index in [0.717, 1.165) is 22.3 Å². The molecule has 0 amide bonds. The first-order valence-electron chi connectivity index (χ1n) is 6.35. The smallest absolute Gasteiger partial charge is 0.146 e. The zero-order chi connectivity index (χ0) is 14.5. The largest absolute Gasteiger partial charge is 0.455 e. The van der Waals surface area contributed by atoms with Crippen LogP contribution in [0.15, 0.2) is 41.1 Å². The Labute approximate surface area is 132 Å². The molecule has 0 saturated heterocycles. The summed E-state index contributed by atoms with van der Waals surface area (Å²) in [5.41, 5.74) is 1.06. The Kier molecular flexibility index (Phi) is 5.40. The molecule has 0 radical (unpaired) electrons. The van der Waals surface area contributed by atoms with E-state index < -0.39 is 0 Å². The second kappa shape index (κ2) is 7.07. The van der Waals surface area contributed by atoms with Crippen LogP contribution >= 0.6 is 27.5 Å². The van der Waals surface area contributed by atoms with Crippen LogP contribution in [0.4, 0.5) is 0 Å². The van der Waals surface area contributed by atoms with Gasteiger partial charge in [-0.2, -0.15) is 0 Å². The minimum atomic E-state index is 0.408. The zero-order valence-electron chi connectivity index (χ0n) is 11.4. The number of rotatable bonds is 5. The monoisotopic (exact) mass is 354 g/mol. The molecule has 0 fully saturated rings. The molecule has 3 nitrogen and oxygen atoms in total. The molecule has 0 aliphatic heterocycles. The van der Waals surface area contributed by atoms with Crippen molar-refractivity contribution in [3.8, 4) is 11.5 Å². The van der Waals surface area contributed by atoms with Gasteiger partial charge in [-0.3, -0.25) is 4.98 Å². The summed E-state index contributed by atoms with van der Waals surface area (Å²) in [5, 5.41) is 4.02. The Balaban J connectivity index is 2.22. The highest BCUT2D eigenvalue weighted by molar-refractivity contribution is 9.10. The van der Waals surface area contributed by atoms with E-state index in [4.69, 9.17) is 16.3 Å². The van der Waals surface area contributed by atoms with E-state index in [1.54, 1.807) is 12.4 Å². The van der Waals surface area contributed by atoms with Gasteiger partial charge < -0.3 is 10.1 Å². The van der Waals surface area contributed by atoms with Gasteiger partial charge in [-0.25, -0.2) is 0 Å². The fourth-order valence-electron chi connectivity index (χ4n) is 1.66. The van der Waals surface area contributed by atoms with Gasteiger partial charge in [0.15, 0.2) is 0 Å². The molecule has 2 aromatic rings. The van der Waals surface area contributed by atoms with Crippen LogP contribution in [0.1, 0.15) is 19.4 Å². The second-order valence-corrected chi connectivity index (χ2v) is 6.08. The summed E-state index contributed by atoms with van der Waals surface area (Å²) in [4.78, 5) is 4.09. The van der Waals surface area contributed by atoms with Gasteiger partial charge in [-0.1, -0.05) is 31.5 Å². The molecule has 0 unspecified atom stereocenters. The highest BCUT2D eigenvalue weighted by atomic mass is 79.9. The number of halogens is 2. The van der Waals surface area contributed by atoms with Crippen molar-refractivity contribution in [2.45, 2.75) is 26.4 Å². The third kappa shape index (κ3) is 4.47. The van der Waals surface area contributed by atoms with Gasteiger partial charge in [-0.05, 0) is 34.1 Å². The Morgan fingerprint density at radius 1 is 1.30 bits per heavy atom. The van der Waals surface area contributed by atoms with Gasteiger partial charge in [-0.15, -0.1) is 0 Å². The van der Waals surface area contributed by atoms with E-state index >= 15 is 0 Å². The molecule has 1 heterocycles. The number of nitrogens with one attached hydrogen (secondary N) is 1. The molecule has 0 atom stereocenters. The zero-order valence-corrected chi connectivity index (χ0v) is 13.7. The first kappa shape index (κ1) is 15.3. The SMILES string of the molecule is CC(C)NCc1ccc(Cl)cc1Oc1cncc(Br)c1. The summed E-state index contributed by atoms with van der Waals surface area (Å²) in [7, 11) is 0. The molecular weight excluding hydrogens is 340 g/mol. The summed E-state index contributed by atoms with van der Waals surface area (Å²) in [5.74, 6) is 1.41. The van der Waals surface area contributed by atoms with E-state index in [9.17, 15) is 0 Å². The molecule has 1 aromatic heterocycles. The van der Waals surface area contributed by atoms with Gasteiger partial charge in [0.05, 0.1) is 6.20 Å². The molecule has 5 heteroatoms. The van der Waals surface area contributed by atoms with Crippen molar-refractivity contribution in [1.82, 2.24) is 10.3 Å². The van der Waals surface area contributed by atoms with Crippen LogP contribution in [-0.4, -0.2) is 11.0 Å². The third-order valence-corrected chi connectivity index (χ3v) is 3.31. The van der Waals surface area contributed by atoms with Crippen molar-refractivity contribution in [3.63, 3.8) is 0 Å².